The quantitative estimate of drug-likeness (QED) is 0.799. The van der Waals surface area contributed by atoms with Gasteiger partial charge >= 0.3 is 0 Å². The molecule has 1 amide bonds. The summed E-state index contributed by atoms with van der Waals surface area (Å²) in [7, 11) is 0. The van der Waals surface area contributed by atoms with Crippen LogP contribution in [0.3, 0.4) is 0 Å². The molecule has 2 aliphatic rings. The first-order valence-electron chi connectivity index (χ1n) is 6.55. The summed E-state index contributed by atoms with van der Waals surface area (Å²) < 4.78 is 0. The Morgan fingerprint density at radius 2 is 1.95 bits per heavy atom. The topological polar surface area (TPSA) is 20.3 Å². The SMILES string of the molecule is O=C1c2ccc(Cl)cc2C2(c3ccccc3)SCCN12. The Bertz CT molecular complexity index is 703. The first-order chi connectivity index (χ1) is 9.73. The number of amides is 1. The normalized spacial score (nSPS) is 23.9. The maximum Gasteiger partial charge on any atom is 0.255 e. The summed E-state index contributed by atoms with van der Waals surface area (Å²) >= 11 is 7.99. The smallest absolute Gasteiger partial charge is 0.255 e. The number of hydrogen-bond donors (Lipinski definition) is 0. The van der Waals surface area contributed by atoms with E-state index in [1.807, 2.05) is 47.0 Å². The van der Waals surface area contributed by atoms with Crippen molar-refractivity contribution in [3.63, 3.8) is 0 Å². The fourth-order valence-corrected chi connectivity index (χ4v) is 4.87. The predicted molar refractivity (Wildman–Crippen MR) is 82.2 cm³/mol. The molecular weight excluding hydrogens is 290 g/mol. The molecule has 2 aromatic rings. The van der Waals surface area contributed by atoms with E-state index in [2.05, 4.69) is 12.1 Å². The van der Waals surface area contributed by atoms with Gasteiger partial charge in [0.2, 0.25) is 0 Å². The molecular formula is C16H12ClNOS. The summed E-state index contributed by atoms with van der Waals surface area (Å²) in [5.41, 5.74) is 2.96. The zero-order valence-electron chi connectivity index (χ0n) is 10.7. The third-order valence-corrected chi connectivity index (χ3v) is 5.71. The van der Waals surface area contributed by atoms with Crippen molar-refractivity contribution >= 4 is 29.3 Å². The van der Waals surface area contributed by atoms with Crippen LogP contribution in [0.25, 0.3) is 0 Å². The molecule has 100 valence electrons. The van der Waals surface area contributed by atoms with E-state index in [4.69, 9.17) is 11.6 Å². The summed E-state index contributed by atoms with van der Waals surface area (Å²) in [5.74, 6) is 1.07. The molecule has 0 aliphatic carbocycles. The van der Waals surface area contributed by atoms with Gasteiger partial charge in [-0.1, -0.05) is 41.9 Å². The van der Waals surface area contributed by atoms with Crippen LogP contribution in [-0.4, -0.2) is 23.1 Å². The standard InChI is InChI=1S/C16H12ClNOS/c17-12-6-7-13-14(10-12)16(11-4-2-1-3-5-11)18(15(13)19)8-9-20-16/h1-7,10H,8-9H2. The van der Waals surface area contributed by atoms with Crippen LogP contribution in [0, 0.1) is 0 Å². The summed E-state index contributed by atoms with van der Waals surface area (Å²) in [4.78, 5) is 14.2. The van der Waals surface area contributed by atoms with E-state index in [-0.39, 0.29) is 5.91 Å². The number of rotatable bonds is 1. The predicted octanol–water partition coefficient (Wildman–Crippen LogP) is 3.74. The molecule has 2 aromatic carbocycles. The van der Waals surface area contributed by atoms with Crippen molar-refractivity contribution < 1.29 is 4.79 Å². The lowest BCUT2D eigenvalue weighted by atomic mass is 9.97. The lowest BCUT2D eigenvalue weighted by Gasteiger charge is -2.32. The Morgan fingerprint density at radius 1 is 1.15 bits per heavy atom. The molecule has 0 aromatic heterocycles. The van der Waals surface area contributed by atoms with Crippen molar-refractivity contribution in [2.75, 3.05) is 12.3 Å². The maximum atomic E-state index is 12.6. The maximum absolute atomic E-state index is 12.6. The number of fused-ring (bicyclic) bond motifs is 3. The van der Waals surface area contributed by atoms with E-state index in [1.165, 1.54) is 0 Å². The van der Waals surface area contributed by atoms with Crippen LogP contribution in [0.1, 0.15) is 21.5 Å². The highest BCUT2D eigenvalue weighted by molar-refractivity contribution is 8.00. The zero-order valence-corrected chi connectivity index (χ0v) is 12.2. The van der Waals surface area contributed by atoms with Gasteiger partial charge in [0.25, 0.3) is 5.91 Å². The molecule has 0 bridgehead atoms. The molecule has 2 aliphatic heterocycles. The number of nitrogens with zero attached hydrogens (tertiary/aromatic N) is 1. The monoisotopic (exact) mass is 301 g/mol. The average Bonchev–Trinajstić information content (AvgIpc) is 3.01. The van der Waals surface area contributed by atoms with Crippen molar-refractivity contribution in [3.8, 4) is 0 Å². The molecule has 20 heavy (non-hydrogen) atoms. The third kappa shape index (κ3) is 1.45. The minimum atomic E-state index is -0.390. The fourth-order valence-electron chi connectivity index (χ4n) is 3.18. The highest BCUT2D eigenvalue weighted by atomic mass is 35.5. The number of thioether (sulfide) groups is 1. The molecule has 2 nitrogen and oxygen atoms in total. The summed E-state index contributed by atoms with van der Waals surface area (Å²) in [6.45, 7) is 0.782. The lowest BCUT2D eigenvalue weighted by Crippen LogP contribution is -2.37. The first kappa shape index (κ1) is 12.3. The van der Waals surface area contributed by atoms with Crippen LogP contribution in [0.4, 0.5) is 0 Å². The number of halogens is 1. The van der Waals surface area contributed by atoms with E-state index in [9.17, 15) is 4.79 Å². The van der Waals surface area contributed by atoms with Gasteiger partial charge in [-0.15, -0.1) is 11.8 Å². The second kappa shape index (κ2) is 4.27. The van der Waals surface area contributed by atoms with Crippen molar-refractivity contribution in [2.24, 2.45) is 0 Å². The van der Waals surface area contributed by atoms with Gasteiger partial charge in [0, 0.05) is 28.4 Å². The van der Waals surface area contributed by atoms with Crippen molar-refractivity contribution in [1.29, 1.82) is 0 Å². The van der Waals surface area contributed by atoms with Gasteiger partial charge in [-0.25, -0.2) is 0 Å². The third-order valence-electron chi connectivity index (χ3n) is 3.99. The van der Waals surface area contributed by atoms with E-state index >= 15 is 0 Å². The van der Waals surface area contributed by atoms with Gasteiger partial charge in [-0.2, -0.15) is 0 Å². The van der Waals surface area contributed by atoms with E-state index in [0.29, 0.717) is 5.02 Å². The summed E-state index contributed by atoms with van der Waals surface area (Å²) in [6, 6.07) is 15.8. The van der Waals surface area contributed by atoms with E-state index < -0.39 is 4.87 Å². The van der Waals surface area contributed by atoms with E-state index in [1.54, 1.807) is 6.07 Å². The van der Waals surface area contributed by atoms with Crippen LogP contribution in [0.15, 0.2) is 48.5 Å². The Morgan fingerprint density at radius 3 is 2.75 bits per heavy atom. The van der Waals surface area contributed by atoms with Crippen molar-refractivity contribution in [3.05, 3.63) is 70.2 Å². The molecule has 2 heterocycles. The molecule has 0 spiro atoms. The van der Waals surface area contributed by atoms with Crippen LogP contribution in [-0.2, 0) is 4.87 Å². The highest BCUT2D eigenvalue weighted by Gasteiger charge is 2.54. The highest BCUT2D eigenvalue weighted by Crippen LogP contribution is 2.55. The molecule has 0 radical (unpaired) electrons. The summed E-state index contributed by atoms with van der Waals surface area (Å²) in [6.07, 6.45) is 0. The molecule has 1 unspecified atom stereocenters. The van der Waals surface area contributed by atoms with Gasteiger partial charge in [-0.05, 0) is 23.8 Å². The lowest BCUT2D eigenvalue weighted by molar-refractivity contribution is 0.0752. The molecule has 1 atom stereocenters. The molecule has 0 saturated carbocycles. The second-order valence-corrected chi connectivity index (χ2v) is 6.73. The van der Waals surface area contributed by atoms with Gasteiger partial charge in [0.1, 0.15) is 4.87 Å². The Labute approximate surface area is 126 Å². The number of benzene rings is 2. The molecule has 1 fully saturated rings. The van der Waals surface area contributed by atoms with Crippen LogP contribution in [0.2, 0.25) is 5.02 Å². The fraction of sp³-hybridized carbons (Fsp3) is 0.188. The number of carbonyl (C=O) groups is 1. The van der Waals surface area contributed by atoms with Gasteiger partial charge < -0.3 is 4.90 Å². The summed E-state index contributed by atoms with van der Waals surface area (Å²) in [5, 5.41) is 0.682. The first-order valence-corrected chi connectivity index (χ1v) is 7.91. The Hall–Kier alpha value is -1.45. The van der Waals surface area contributed by atoms with Gasteiger partial charge in [0.15, 0.2) is 0 Å². The van der Waals surface area contributed by atoms with Crippen LogP contribution < -0.4 is 0 Å². The largest absolute Gasteiger partial charge is 0.315 e. The van der Waals surface area contributed by atoms with Crippen LogP contribution >= 0.6 is 23.4 Å². The zero-order chi connectivity index (χ0) is 13.7. The van der Waals surface area contributed by atoms with Crippen LogP contribution in [0.5, 0.6) is 0 Å². The minimum Gasteiger partial charge on any atom is -0.315 e. The number of hydrogen-bond acceptors (Lipinski definition) is 2. The Kier molecular flexibility index (Phi) is 2.63. The van der Waals surface area contributed by atoms with Crippen molar-refractivity contribution in [1.82, 2.24) is 4.90 Å². The minimum absolute atomic E-state index is 0.116. The van der Waals surface area contributed by atoms with Gasteiger partial charge in [0.05, 0.1) is 0 Å². The Balaban J connectivity index is 2.03. The molecule has 4 rings (SSSR count). The molecule has 4 heteroatoms. The second-order valence-electron chi connectivity index (χ2n) is 5.01. The van der Waals surface area contributed by atoms with E-state index in [0.717, 1.165) is 29.0 Å². The average molecular weight is 302 g/mol. The number of carbonyl (C=O) groups excluding carboxylic acids is 1. The molecule has 0 N–H and O–H groups in total. The van der Waals surface area contributed by atoms with Gasteiger partial charge in [-0.3, -0.25) is 4.79 Å². The molecule has 1 saturated heterocycles. The van der Waals surface area contributed by atoms with Crippen molar-refractivity contribution in [2.45, 2.75) is 4.87 Å².